The minimum absolute atomic E-state index is 0.0751. The van der Waals surface area contributed by atoms with Crippen LogP contribution in [0, 0.1) is 20.2 Å². The second kappa shape index (κ2) is 26.3. The molecule has 0 amide bonds. The van der Waals surface area contributed by atoms with E-state index in [4.69, 9.17) is 0 Å². The molecule has 0 heterocycles. The standard InChI is InChI=1S/2C26H21NO3P.C8H3BF6O3/c2*28-26(21-11-10-12-22(19-21)27(29)30)20-31(23-13-4-1-5-14-23,24-15-6-2-7-16-24)25-17-8-3-9-18-25;10-7(11,12)4-1-5(8(13,14)15)3-6(2-4)18-9(16)17/h2*1-19H,20H2;1-3H/q2*+1;-2. The van der Waals surface area contributed by atoms with E-state index in [0.29, 0.717) is 11.1 Å². The van der Waals surface area contributed by atoms with E-state index in [0.717, 1.165) is 31.8 Å². The number of benzene rings is 9. The Balaban J connectivity index is 0.000000180. The maximum atomic E-state index is 13.6. The largest absolute Gasteiger partial charge is 0.860 e. The summed E-state index contributed by atoms with van der Waals surface area (Å²) < 4.78 is 77.5. The third kappa shape index (κ3) is 14.5. The second-order valence-corrected chi connectivity index (χ2v) is 24.5. The Morgan fingerprint density at radius 2 is 0.662 bits per heavy atom. The van der Waals surface area contributed by atoms with Gasteiger partial charge in [-0.25, -0.2) is 0 Å². The van der Waals surface area contributed by atoms with Crippen LogP contribution >= 0.6 is 14.5 Å². The highest BCUT2D eigenvalue weighted by molar-refractivity contribution is 7.96. The molecule has 9 rings (SSSR count). The number of hydrogen-bond acceptors (Lipinski definition) is 9. The molecular formula is C60H45BF6N2O9P2. The number of hydrogen-bond donors (Lipinski definition) is 0. The van der Waals surface area contributed by atoms with E-state index in [9.17, 15) is 66.2 Å². The molecule has 0 aromatic heterocycles. The van der Waals surface area contributed by atoms with Gasteiger partial charge >= 0.3 is 12.4 Å². The lowest BCUT2D eigenvalue weighted by Gasteiger charge is -2.27. The summed E-state index contributed by atoms with van der Waals surface area (Å²) in [6.45, 7) is 0. The maximum absolute atomic E-state index is 13.6. The molecule has 0 spiro atoms. The molecular weight excluding hydrogens is 1080 g/mol. The summed E-state index contributed by atoms with van der Waals surface area (Å²) in [6.07, 6.45) is -9.60. The van der Waals surface area contributed by atoms with Crippen LogP contribution in [-0.4, -0.2) is 41.1 Å². The molecule has 0 N–H and O–H groups in total. The van der Waals surface area contributed by atoms with Crippen molar-refractivity contribution >= 4 is 76.6 Å². The minimum Gasteiger partial charge on any atom is -0.860 e. The number of nitro groups is 2. The number of rotatable bonds is 16. The Hall–Kier alpha value is -8.66. The number of alkyl halides is 6. The first kappa shape index (κ1) is 59.0. The molecule has 20 heteroatoms. The van der Waals surface area contributed by atoms with Crippen LogP contribution in [0.15, 0.2) is 249 Å². The van der Waals surface area contributed by atoms with Gasteiger partial charge in [-0.2, -0.15) is 26.3 Å². The first-order chi connectivity index (χ1) is 38.2. The summed E-state index contributed by atoms with van der Waals surface area (Å²) in [5.41, 5.74) is -2.74. The normalized spacial score (nSPS) is 11.4. The van der Waals surface area contributed by atoms with E-state index in [1.54, 1.807) is 24.3 Å². The van der Waals surface area contributed by atoms with Gasteiger partial charge in [-0.05, 0) is 91.0 Å². The van der Waals surface area contributed by atoms with Crippen molar-refractivity contribution in [3.05, 3.63) is 291 Å². The third-order valence-corrected chi connectivity index (χ3v) is 21.1. The van der Waals surface area contributed by atoms with Gasteiger partial charge in [0.25, 0.3) is 11.4 Å². The number of ketones is 2. The molecule has 0 aliphatic rings. The number of carbonyl (C=O) groups is 2. The zero-order chi connectivity index (χ0) is 57.5. The van der Waals surface area contributed by atoms with Crippen molar-refractivity contribution in [2.24, 2.45) is 0 Å². The van der Waals surface area contributed by atoms with Crippen LogP contribution in [0.1, 0.15) is 31.8 Å². The Morgan fingerprint density at radius 1 is 0.400 bits per heavy atom. The SMILES string of the molecule is O=C(C[P+](c1ccccc1)(c1ccccc1)c1ccccc1)c1cccc([N+](=O)[O-])c1.O=C(C[P+](c1ccccc1)(c1ccccc1)c1ccccc1)c1cccc([N+](=O)[O-])c1.[O-]B([O-])Oc1cc(C(F)(F)F)cc(C(F)(F)F)c1. The summed E-state index contributed by atoms with van der Waals surface area (Å²) in [5.74, 6) is -1.28. The van der Waals surface area contributed by atoms with Crippen LogP contribution in [0.25, 0.3) is 0 Å². The van der Waals surface area contributed by atoms with Gasteiger partial charge in [-0.1, -0.05) is 133 Å². The van der Waals surface area contributed by atoms with Crippen molar-refractivity contribution in [3.8, 4) is 5.75 Å². The lowest BCUT2D eigenvalue weighted by Crippen LogP contribution is -2.50. The Kier molecular flexibility index (Phi) is 19.4. The number of carbonyl (C=O) groups excluding carboxylic acids is 2. The summed E-state index contributed by atoms with van der Waals surface area (Å²) in [4.78, 5) is 48.6. The Bertz CT molecular complexity index is 3120. The second-order valence-electron chi connectivity index (χ2n) is 17.6. The van der Waals surface area contributed by atoms with Crippen molar-refractivity contribution in [2.45, 2.75) is 12.4 Å². The molecule has 9 aromatic carbocycles. The average Bonchev–Trinajstić information content (AvgIpc) is 3.64. The molecule has 80 heavy (non-hydrogen) atoms. The van der Waals surface area contributed by atoms with Gasteiger partial charge in [0.15, 0.2) is 0 Å². The smallest absolute Gasteiger partial charge is 0.416 e. The van der Waals surface area contributed by atoms with E-state index in [-0.39, 0.29) is 53.5 Å². The number of nitrogens with zero attached hydrogens (tertiary/aromatic N) is 2. The zero-order valence-corrected chi connectivity index (χ0v) is 43.7. The predicted molar refractivity (Wildman–Crippen MR) is 298 cm³/mol. The van der Waals surface area contributed by atoms with Gasteiger partial charge in [0.1, 0.15) is 66.0 Å². The van der Waals surface area contributed by atoms with Gasteiger partial charge < -0.3 is 14.7 Å². The van der Waals surface area contributed by atoms with Crippen LogP contribution < -0.4 is 46.5 Å². The molecule has 0 saturated carbocycles. The molecule has 0 fully saturated rings. The van der Waals surface area contributed by atoms with Gasteiger partial charge in [0.2, 0.25) is 11.6 Å². The van der Waals surface area contributed by atoms with Gasteiger partial charge in [0.05, 0.1) is 26.7 Å². The fraction of sp³-hybridized carbons (Fsp3) is 0.0667. The molecule has 0 saturated heterocycles. The van der Waals surface area contributed by atoms with Crippen molar-refractivity contribution in [1.82, 2.24) is 0 Å². The number of halogens is 6. The van der Waals surface area contributed by atoms with Gasteiger partial charge in [-0.15, -0.1) is 0 Å². The van der Waals surface area contributed by atoms with E-state index >= 15 is 0 Å². The summed E-state index contributed by atoms with van der Waals surface area (Å²) in [5, 5.41) is 49.2. The lowest BCUT2D eigenvalue weighted by atomic mass is 10.1. The fourth-order valence-corrected chi connectivity index (χ4v) is 17.0. The number of nitro benzene ring substituents is 2. The van der Waals surface area contributed by atoms with E-state index < -0.39 is 60.9 Å². The molecule has 0 aliphatic carbocycles. The molecule has 9 aromatic rings. The third-order valence-electron chi connectivity index (χ3n) is 12.5. The molecule has 0 atom stereocenters. The highest BCUT2D eigenvalue weighted by Crippen LogP contribution is 2.57. The van der Waals surface area contributed by atoms with Crippen LogP contribution in [0.3, 0.4) is 0 Å². The Morgan fingerprint density at radius 3 is 0.887 bits per heavy atom. The van der Waals surface area contributed by atoms with Crippen molar-refractivity contribution in [1.29, 1.82) is 0 Å². The summed E-state index contributed by atoms with van der Waals surface area (Å²) in [7, 11) is -7.69. The summed E-state index contributed by atoms with van der Waals surface area (Å²) in [6, 6.07) is 72.8. The van der Waals surface area contributed by atoms with Gasteiger partial charge in [-0.3, -0.25) is 29.8 Å². The lowest BCUT2D eigenvalue weighted by molar-refractivity contribution is -0.385. The van der Waals surface area contributed by atoms with Crippen LogP contribution in [0.4, 0.5) is 37.7 Å². The molecule has 11 nitrogen and oxygen atoms in total. The fourth-order valence-electron chi connectivity index (χ4n) is 8.84. The molecule has 0 unspecified atom stereocenters. The van der Waals surface area contributed by atoms with E-state index in [2.05, 4.69) is 77.5 Å². The first-order valence-electron chi connectivity index (χ1n) is 24.2. The number of non-ortho nitro benzene ring substituents is 2. The van der Waals surface area contributed by atoms with Gasteiger partial charge in [0, 0.05) is 35.4 Å². The van der Waals surface area contributed by atoms with Crippen molar-refractivity contribution in [2.75, 3.05) is 12.3 Å². The first-order valence-corrected chi connectivity index (χ1v) is 28.1. The predicted octanol–water partition coefficient (Wildman–Crippen LogP) is 10.4. The summed E-state index contributed by atoms with van der Waals surface area (Å²) >= 11 is 0. The quantitative estimate of drug-likeness (QED) is 0.0228. The monoisotopic (exact) mass is 1120 g/mol. The topological polar surface area (TPSA) is 176 Å². The zero-order valence-electron chi connectivity index (χ0n) is 41.9. The van der Waals surface area contributed by atoms with Crippen molar-refractivity contribution in [3.63, 3.8) is 0 Å². The van der Waals surface area contributed by atoms with Crippen molar-refractivity contribution < 1.29 is 60.5 Å². The van der Waals surface area contributed by atoms with Crippen LogP contribution in [-0.2, 0) is 12.4 Å². The maximum Gasteiger partial charge on any atom is 0.416 e. The van der Waals surface area contributed by atoms with Crippen LogP contribution in [0.5, 0.6) is 5.75 Å². The highest BCUT2D eigenvalue weighted by atomic mass is 31.2. The Labute approximate surface area is 457 Å². The molecule has 404 valence electrons. The van der Waals surface area contributed by atoms with E-state index in [1.807, 2.05) is 109 Å². The highest BCUT2D eigenvalue weighted by Gasteiger charge is 2.49. The minimum atomic E-state index is -5.05. The van der Waals surface area contributed by atoms with E-state index in [1.165, 1.54) is 24.3 Å². The molecule has 0 bridgehead atoms. The number of Topliss-reactive ketones (excluding diaryl/α,β-unsaturated/α-hetero) is 2. The molecule has 0 radical (unpaired) electrons. The van der Waals surface area contributed by atoms with Crippen LogP contribution in [0.2, 0.25) is 0 Å². The average molecular weight is 1120 g/mol. The molecule has 0 aliphatic heterocycles.